The molecule has 0 aliphatic carbocycles. The molecule has 0 bridgehead atoms. The Bertz CT molecular complexity index is 202. The van der Waals surface area contributed by atoms with Crippen LogP contribution in [0.2, 0.25) is 0 Å². The van der Waals surface area contributed by atoms with Gasteiger partial charge in [-0.2, -0.15) is 0 Å². The summed E-state index contributed by atoms with van der Waals surface area (Å²) < 4.78 is 0. The van der Waals surface area contributed by atoms with Crippen LogP contribution in [0.3, 0.4) is 0 Å². The number of aliphatic hydroxyl groups is 1. The Kier molecular flexibility index (Phi) is 9.61. The van der Waals surface area contributed by atoms with Crippen LogP contribution in [-0.2, 0) is 20.4 Å². The number of hydrogen-bond acceptors (Lipinski definition) is 4. The number of nitrogens with two attached hydrogens (primary N) is 1. The Morgan fingerprint density at radius 3 is 2.45 bits per heavy atom. The number of aldehydes is 1. The molecule has 0 aliphatic heterocycles. The Hall–Kier alpha value is -0.208. The molecule has 0 fully saturated rings. The summed E-state index contributed by atoms with van der Waals surface area (Å²) in [5.74, 6) is 0. The summed E-state index contributed by atoms with van der Waals surface area (Å²) in [6, 6.07) is 2.68. The fraction of sp³-hybridized carbons (Fsp3) is 0.167. The third-order valence-electron chi connectivity index (χ3n) is 0.773. The first-order valence-corrected chi connectivity index (χ1v) is 3.37. The van der Waals surface area contributed by atoms with Crippen LogP contribution in [-0.4, -0.2) is 18.5 Å². The molecule has 0 saturated heterocycles. The molecule has 11 heavy (non-hydrogen) atoms. The van der Waals surface area contributed by atoms with Gasteiger partial charge in [-0.3, -0.25) is 11.3 Å². The van der Waals surface area contributed by atoms with Crippen molar-refractivity contribution in [1.82, 2.24) is 0 Å². The maximum atomic E-state index is 10.00. The summed E-state index contributed by atoms with van der Waals surface area (Å²) in [4.78, 5) is 10.6. The van der Waals surface area contributed by atoms with E-state index in [-0.39, 0.29) is 20.4 Å². The molecule has 3 nitrogen and oxygen atoms in total. The van der Waals surface area contributed by atoms with Gasteiger partial charge >= 0.3 is 0 Å². The van der Waals surface area contributed by atoms with Crippen LogP contribution in [0.1, 0.15) is 9.67 Å². The van der Waals surface area contributed by atoms with E-state index in [2.05, 4.69) is 6.07 Å². The summed E-state index contributed by atoms with van der Waals surface area (Å²) in [7, 11) is 1.00. The summed E-state index contributed by atoms with van der Waals surface area (Å²) in [6.45, 7) is 0. The van der Waals surface area contributed by atoms with Gasteiger partial charge in [0.1, 0.15) is 0 Å². The average Bonchev–Trinajstić information content (AvgIpc) is 2.39. The number of carbonyl (C=O) groups excluding carboxylic acids is 1. The average molecular weight is 344 g/mol. The van der Waals surface area contributed by atoms with E-state index in [4.69, 9.17) is 10.8 Å². The first-order valence-electron chi connectivity index (χ1n) is 2.49. The maximum absolute atomic E-state index is 10.00. The molecule has 0 unspecified atom stereocenters. The predicted molar refractivity (Wildman–Crippen MR) is 41.1 cm³/mol. The van der Waals surface area contributed by atoms with Crippen molar-refractivity contribution in [3.8, 4) is 0 Å². The van der Waals surface area contributed by atoms with Crippen LogP contribution in [0.25, 0.3) is 0 Å². The summed E-state index contributed by atoms with van der Waals surface area (Å²) in [5, 5.41) is 8.67. The van der Waals surface area contributed by atoms with Crippen molar-refractivity contribution in [2.75, 3.05) is 12.8 Å². The Labute approximate surface area is 82.9 Å². The van der Waals surface area contributed by atoms with Gasteiger partial charge in [0.25, 0.3) is 0 Å². The minimum Gasteiger partial charge on any atom is -0.430 e. The molecular weight excluding hydrogens is 336 g/mol. The molecule has 1 radical (unpaired) electrons. The number of carbonyl (C=O) groups is 1. The molecule has 1 aromatic heterocycles. The smallest absolute Gasteiger partial charge is 0.0809 e. The Balaban J connectivity index is 0. The molecular formula is C6H8NO2ReS-. The molecule has 1 aromatic rings. The second-order valence-corrected chi connectivity index (χ2v) is 2.19. The van der Waals surface area contributed by atoms with E-state index in [0.717, 1.165) is 13.4 Å². The fourth-order valence-corrected chi connectivity index (χ4v) is 0.937. The Morgan fingerprint density at radius 2 is 2.27 bits per heavy atom. The first-order chi connectivity index (χ1) is 4.84. The quantitative estimate of drug-likeness (QED) is 0.578. The number of hydrogen-bond donors (Lipinski definition) is 2. The molecule has 0 spiro atoms. The van der Waals surface area contributed by atoms with Gasteiger partial charge in [-0.25, -0.2) is 6.07 Å². The second kappa shape index (κ2) is 7.89. The van der Waals surface area contributed by atoms with Crippen LogP contribution in [0.5, 0.6) is 0 Å². The topological polar surface area (TPSA) is 63.3 Å². The SMILES string of the molecule is CO.Nc1[c-]csc1C=O.[Re]. The van der Waals surface area contributed by atoms with Gasteiger partial charge in [0.2, 0.25) is 0 Å². The number of aliphatic hydroxyl groups excluding tert-OH is 1. The summed E-state index contributed by atoms with van der Waals surface area (Å²) in [5.41, 5.74) is 5.72. The summed E-state index contributed by atoms with van der Waals surface area (Å²) in [6.07, 6.45) is 0.733. The van der Waals surface area contributed by atoms with Crippen LogP contribution >= 0.6 is 11.3 Å². The molecule has 1 rings (SSSR count). The Morgan fingerprint density at radius 1 is 1.73 bits per heavy atom. The van der Waals surface area contributed by atoms with E-state index in [1.54, 1.807) is 5.38 Å². The number of anilines is 1. The molecule has 5 heteroatoms. The second-order valence-electron chi connectivity index (χ2n) is 1.28. The molecule has 0 atom stereocenters. The van der Waals surface area contributed by atoms with E-state index in [0.29, 0.717) is 10.6 Å². The summed E-state index contributed by atoms with van der Waals surface area (Å²) >= 11 is 1.30. The maximum Gasteiger partial charge on any atom is 0.0809 e. The third kappa shape index (κ3) is 4.28. The van der Waals surface area contributed by atoms with Crippen molar-refractivity contribution >= 4 is 23.3 Å². The van der Waals surface area contributed by atoms with E-state index >= 15 is 0 Å². The van der Waals surface area contributed by atoms with Gasteiger partial charge in [0.05, 0.1) is 6.29 Å². The molecule has 0 aromatic carbocycles. The molecule has 63 valence electrons. The largest absolute Gasteiger partial charge is 0.430 e. The monoisotopic (exact) mass is 345 g/mol. The van der Waals surface area contributed by atoms with Gasteiger partial charge in [0, 0.05) is 27.5 Å². The molecule has 3 N–H and O–H groups in total. The number of rotatable bonds is 1. The van der Waals surface area contributed by atoms with Crippen molar-refractivity contribution in [3.05, 3.63) is 16.3 Å². The van der Waals surface area contributed by atoms with Crippen molar-refractivity contribution in [3.63, 3.8) is 0 Å². The van der Waals surface area contributed by atoms with E-state index in [1.807, 2.05) is 0 Å². The standard InChI is InChI=1S/C5H4NOS.CH4O.Re/c6-4-1-2-8-5(4)3-7;1-2;/h2-3H,6H2;2H,1H3;/q-1;;. The van der Waals surface area contributed by atoms with Gasteiger partial charge in [-0.05, 0) is 0 Å². The fourth-order valence-electron chi connectivity index (χ4n) is 0.382. The van der Waals surface area contributed by atoms with Gasteiger partial charge < -0.3 is 15.6 Å². The zero-order chi connectivity index (χ0) is 7.98. The van der Waals surface area contributed by atoms with Crippen molar-refractivity contribution in [2.45, 2.75) is 0 Å². The van der Waals surface area contributed by atoms with E-state index in [9.17, 15) is 4.79 Å². The number of nitrogen functional groups attached to an aromatic ring is 1. The van der Waals surface area contributed by atoms with Crippen LogP contribution in [0, 0.1) is 6.07 Å². The molecule has 0 saturated carbocycles. The minimum absolute atomic E-state index is 0. The number of thiophene rings is 1. The van der Waals surface area contributed by atoms with Gasteiger partial charge in [0.15, 0.2) is 0 Å². The van der Waals surface area contributed by atoms with Gasteiger partial charge in [-0.15, -0.1) is 11.1 Å². The molecule has 1 heterocycles. The van der Waals surface area contributed by atoms with E-state index in [1.165, 1.54) is 11.3 Å². The van der Waals surface area contributed by atoms with Crippen LogP contribution in [0.15, 0.2) is 5.38 Å². The molecule has 0 aliphatic rings. The minimum atomic E-state index is 0. The van der Waals surface area contributed by atoms with Crippen molar-refractivity contribution in [1.29, 1.82) is 0 Å². The first kappa shape index (κ1) is 13.4. The van der Waals surface area contributed by atoms with Crippen LogP contribution in [0.4, 0.5) is 5.69 Å². The third-order valence-corrected chi connectivity index (χ3v) is 1.58. The van der Waals surface area contributed by atoms with Crippen molar-refractivity contribution < 1.29 is 30.3 Å². The molecule has 0 amide bonds. The van der Waals surface area contributed by atoms with Crippen molar-refractivity contribution in [2.24, 2.45) is 0 Å². The van der Waals surface area contributed by atoms with Crippen LogP contribution < -0.4 is 5.73 Å². The normalized spacial score (nSPS) is 7.09. The van der Waals surface area contributed by atoms with Gasteiger partial charge in [-0.1, -0.05) is 4.88 Å². The predicted octanol–water partition coefficient (Wildman–Crippen LogP) is 0.549. The zero-order valence-electron chi connectivity index (χ0n) is 5.87. The zero-order valence-corrected chi connectivity index (χ0v) is 9.41. The van der Waals surface area contributed by atoms with E-state index < -0.39 is 0 Å².